The molecule has 0 radical (unpaired) electrons. The lowest BCUT2D eigenvalue weighted by Gasteiger charge is -2.27. The van der Waals surface area contributed by atoms with Crippen LogP contribution in [0.25, 0.3) is 11.1 Å². The Morgan fingerprint density at radius 2 is 1.56 bits per heavy atom. The van der Waals surface area contributed by atoms with Gasteiger partial charge >= 0.3 is 18.3 Å². The summed E-state index contributed by atoms with van der Waals surface area (Å²) in [6.07, 6.45) is -10.2. The van der Waals surface area contributed by atoms with Gasteiger partial charge in [-0.05, 0) is 81.6 Å². The van der Waals surface area contributed by atoms with Crippen molar-refractivity contribution in [2.24, 2.45) is 13.0 Å². The smallest absolute Gasteiger partial charge is 0.417 e. The van der Waals surface area contributed by atoms with Crippen LogP contribution >= 0.6 is 0 Å². The molecule has 16 heteroatoms. The molecule has 2 N–H and O–H groups in total. The summed E-state index contributed by atoms with van der Waals surface area (Å²) < 4.78 is 102. The predicted octanol–water partition coefficient (Wildman–Crippen LogP) is 6.03. The lowest BCUT2D eigenvalue weighted by molar-refractivity contribution is -0.139. The molecule has 0 bridgehead atoms. The van der Waals surface area contributed by atoms with E-state index in [-0.39, 0.29) is 47.7 Å². The molecule has 1 aromatic carbocycles. The largest absolute Gasteiger partial charge is 0.481 e. The van der Waals surface area contributed by atoms with Crippen LogP contribution in [0, 0.1) is 25.6 Å². The molecule has 2 atom stereocenters. The molecule has 1 amide bonds. The van der Waals surface area contributed by atoms with Crippen LogP contribution in [-0.4, -0.2) is 51.7 Å². The molecule has 0 saturated carbocycles. The van der Waals surface area contributed by atoms with Gasteiger partial charge in [0.1, 0.15) is 11.9 Å². The highest BCUT2D eigenvalue weighted by atomic mass is 19.4. The second-order valence-electron chi connectivity index (χ2n) is 12.9. The van der Waals surface area contributed by atoms with E-state index in [2.05, 4.69) is 5.32 Å². The average Bonchev–Trinajstić information content (AvgIpc) is 2.97. The van der Waals surface area contributed by atoms with Gasteiger partial charge in [0.2, 0.25) is 5.91 Å². The number of aryl methyl sites for hydroxylation is 2. The molecule has 3 rings (SSSR count). The number of nitrogens with zero attached hydrogens (tertiary/aromatic N) is 3. The summed E-state index contributed by atoms with van der Waals surface area (Å²) in [5.74, 6) is -3.99. The maximum absolute atomic E-state index is 15.8. The third-order valence-corrected chi connectivity index (χ3v) is 8.25. The van der Waals surface area contributed by atoms with Crippen LogP contribution in [0.15, 0.2) is 40.1 Å². The third kappa shape index (κ3) is 9.20. The van der Waals surface area contributed by atoms with Crippen LogP contribution in [0.2, 0.25) is 0 Å². The summed E-state index contributed by atoms with van der Waals surface area (Å²) in [7, 11) is 4.52. The Morgan fingerprint density at radius 3 is 2.08 bits per heavy atom. The summed E-state index contributed by atoms with van der Waals surface area (Å²) in [6.45, 7) is 5.99. The first-order chi connectivity index (χ1) is 22.9. The van der Waals surface area contributed by atoms with Gasteiger partial charge in [-0.15, -0.1) is 0 Å². The van der Waals surface area contributed by atoms with E-state index in [1.54, 1.807) is 32.8 Å². The quantitative estimate of drug-likeness (QED) is 0.222. The molecule has 2 aromatic heterocycles. The molecule has 50 heavy (non-hydrogen) atoms. The highest BCUT2D eigenvalue weighted by Crippen LogP contribution is 2.38. The number of pyridine rings is 2. The number of carboxylic acids is 1. The minimum Gasteiger partial charge on any atom is -0.481 e. The molecule has 0 fully saturated rings. The van der Waals surface area contributed by atoms with Crippen LogP contribution in [0.5, 0.6) is 0 Å². The Hall–Kier alpha value is -4.47. The highest BCUT2D eigenvalue weighted by molar-refractivity contribution is 5.82. The summed E-state index contributed by atoms with van der Waals surface area (Å²) in [4.78, 5) is 53.8. The van der Waals surface area contributed by atoms with Crippen molar-refractivity contribution in [3.8, 4) is 11.1 Å². The molecular weight excluding hydrogens is 677 g/mol. The standard InChI is InChI=1S/C34H39F7N4O5/c1-17(2)10-26(45-16-20(8-9-43(5)6)23(14-27(45)46)33(36,37)38)31(49)42-25(15-28(47)48)22-13-21(11-18(3)30(22)35)29-24(34(39,40)41)12-19(4)44(7)32(29)50/h11-14,16-17,25-26H,8-10,15H2,1-7H3,(H,42,49)(H,47,48)/t25?,26-/m1/s1. The average molecular weight is 717 g/mol. The SMILES string of the molecule is Cc1cc(-c2c(C(F)(F)F)cc(C)n(C)c2=O)cc(C(CC(=O)O)NC(=O)[C@@H](CC(C)C)n2cc(CCN(C)C)c(C(F)(F)F)cc2=O)c1F. The van der Waals surface area contributed by atoms with Gasteiger partial charge in [-0.1, -0.05) is 13.8 Å². The van der Waals surface area contributed by atoms with Gasteiger partial charge < -0.3 is 24.5 Å². The zero-order valence-electron chi connectivity index (χ0n) is 28.5. The Morgan fingerprint density at radius 1 is 0.960 bits per heavy atom. The van der Waals surface area contributed by atoms with E-state index in [1.807, 2.05) is 0 Å². The number of alkyl halides is 6. The Kier molecular flexibility index (Phi) is 12.1. The number of benzene rings is 1. The minimum atomic E-state index is -5.00. The number of likely N-dealkylation sites (N-methyl/N-ethyl adjacent to an activating group) is 1. The van der Waals surface area contributed by atoms with Gasteiger partial charge in [-0.2, -0.15) is 26.3 Å². The van der Waals surface area contributed by atoms with Gasteiger partial charge in [0.25, 0.3) is 11.1 Å². The first-order valence-corrected chi connectivity index (χ1v) is 15.5. The van der Waals surface area contributed by atoms with Gasteiger partial charge in [0, 0.05) is 37.1 Å². The molecule has 0 spiro atoms. The summed E-state index contributed by atoms with van der Waals surface area (Å²) in [6, 6.07) is -0.246. The van der Waals surface area contributed by atoms with E-state index >= 15 is 4.39 Å². The van der Waals surface area contributed by atoms with Gasteiger partial charge in [-0.3, -0.25) is 19.2 Å². The molecular formula is C34H39F7N4O5. The van der Waals surface area contributed by atoms with E-state index in [9.17, 15) is 50.6 Å². The Labute approximate surface area is 283 Å². The van der Waals surface area contributed by atoms with E-state index in [1.165, 1.54) is 20.9 Å². The summed E-state index contributed by atoms with van der Waals surface area (Å²) in [5, 5.41) is 12.1. The van der Waals surface area contributed by atoms with E-state index < -0.39 is 81.9 Å². The van der Waals surface area contributed by atoms with Crippen LogP contribution in [0.1, 0.15) is 72.3 Å². The number of carbonyl (C=O) groups excluding carboxylic acids is 1. The lowest BCUT2D eigenvalue weighted by Crippen LogP contribution is -2.41. The first-order valence-electron chi connectivity index (χ1n) is 15.5. The number of carboxylic acid groups (broad SMARTS) is 1. The van der Waals surface area contributed by atoms with Crippen molar-refractivity contribution in [3.05, 3.63) is 90.5 Å². The maximum atomic E-state index is 15.8. The second-order valence-corrected chi connectivity index (χ2v) is 12.9. The normalized spacial score (nSPS) is 13.5. The van der Waals surface area contributed by atoms with E-state index in [0.717, 1.165) is 33.5 Å². The number of hydrogen-bond acceptors (Lipinski definition) is 5. The maximum Gasteiger partial charge on any atom is 0.417 e. The monoisotopic (exact) mass is 716 g/mol. The lowest BCUT2D eigenvalue weighted by atomic mass is 9.92. The van der Waals surface area contributed by atoms with E-state index in [4.69, 9.17) is 0 Å². The first kappa shape index (κ1) is 40.0. The molecule has 9 nitrogen and oxygen atoms in total. The van der Waals surface area contributed by atoms with Crippen molar-refractivity contribution in [2.75, 3.05) is 20.6 Å². The molecule has 274 valence electrons. The van der Waals surface area contributed by atoms with Crippen molar-refractivity contribution in [1.82, 2.24) is 19.4 Å². The highest BCUT2D eigenvalue weighted by Gasteiger charge is 2.38. The number of amides is 1. The Balaban J connectivity index is 2.23. The number of rotatable bonds is 12. The van der Waals surface area contributed by atoms with Crippen molar-refractivity contribution < 1.29 is 45.4 Å². The van der Waals surface area contributed by atoms with Crippen LogP contribution in [0.4, 0.5) is 30.7 Å². The molecule has 3 aromatic rings. The number of aromatic nitrogens is 2. The fourth-order valence-corrected chi connectivity index (χ4v) is 5.64. The van der Waals surface area contributed by atoms with Crippen LogP contribution in [0.3, 0.4) is 0 Å². The van der Waals surface area contributed by atoms with Gasteiger partial charge in [0.05, 0.1) is 29.2 Å². The zero-order valence-corrected chi connectivity index (χ0v) is 28.5. The number of aliphatic carboxylic acids is 1. The molecule has 2 heterocycles. The Bertz CT molecular complexity index is 1880. The number of carbonyl (C=O) groups is 2. The second kappa shape index (κ2) is 15.2. The summed E-state index contributed by atoms with van der Waals surface area (Å²) >= 11 is 0. The van der Waals surface area contributed by atoms with Crippen LogP contribution in [-0.2, 0) is 35.4 Å². The molecule has 0 aliphatic heterocycles. The molecule has 0 saturated heterocycles. The molecule has 0 aliphatic rings. The van der Waals surface area contributed by atoms with Crippen molar-refractivity contribution in [3.63, 3.8) is 0 Å². The van der Waals surface area contributed by atoms with Crippen molar-refractivity contribution in [1.29, 1.82) is 0 Å². The van der Waals surface area contributed by atoms with Gasteiger partial charge in [-0.25, -0.2) is 4.39 Å². The molecule has 0 aliphatic carbocycles. The topological polar surface area (TPSA) is 114 Å². The van der Waals surface area contributed by atoms with Crippen molar-refractivity contribution >= 4 is 11.9 Å². The summed E-state index contributed by atoms with van der Waals surface area (Å²) in [5.41, 5.74) is -7.03. The molecule has 1 unspecified atom stereocenters. The number of halogens is 7. The van der Waals surface area contributed by atoms with Crippen LogP contribution < -0.4 is 16.4 Å². The third-order valence-electron chi connectivity index (χ3n) is 8.25. The zero-order chi connectivity index (χ0) is 38.0. The predicted molar refractivity (Wildman–Crippen MR) is 171 cm³/mol. The fraction of sp³-hybridized carbons (Fsp3) is 0.471. The van der Waals surface area contributed by atoms with Crippen molar-refractivity contribution in [2.45, 2.75) is 71.4 Å². The number of nitrogens with one attached hydrogen (secondary N) is 1. The fourth-order valence-electron chi connectivity index (χ4n) is 5.64. The minimum absolute atomic E-state index is 0.0132. The van der Waals surface area contributed by atoms with E-state index in [0.29, 0.717) is 6.07 Å². The van der Waals surface area contributed by atoms with Gasteiger partial charge in [0.15, 0.2) is 0 Å². The number of hydrogen-bond donors (Lipinski definition) is 2.